The van der Waals surface area contributed by atoms with Gasteiger partial charge >= 0.3 is 11.7 Å². The molecule has 0 aromatic heterocycles. The molecule has 0 heterocycles. The number of methoxy groups -OCH3 is 1. The van der Waals surface area contributed by atoms with Crippen LogP contribution in [0, 0.1) is 10.1 Å². The van der Waals surface area contributed by atoms with Crippen molar-refractivity contribution in [2.75, 3.05) is 7.11 Å². The highest BCUT2D eigenvalue weighted by Gasteiger charge is 2.25. The highest BCUT2D eigenvalue weighted by Crippen LogP contribution is 2.33. The van der Waals surface area contributed by atoms with Gasteiger partial charge in [-0.15, -0.1) is 0 Å². The van der Waals surface area contributed by atoms with Crippen molar-refractivity contribution in [1.29, 1.82) is 0 Å². The van der Waals surface area contributed by atoms with Crippen LogP contribution in [0.3, 0.4) is 0 Å². The third kappa shape index (κ3) is 4.10. The van der Waals surface area contributed by atoms with Crippen LogP contribution in [0.1, 0.15) is 31.2 Å². The Labute approximate surface area is 140 Å². The van der Waals surface area contributed by atoms with Gasteiger partial charge < -0.3 is 9.47 Å². The fraction of sp³-hybridized carbons (Fsp3) is 0.278. The molecule has 0 aliphatic carbocycles. The number of ether oxygens (including phenoxy) is 2. The molecule has 6 nitrogen and oxygen atoms in total. The Kier molecular flexibility index (Phi) is 5.89. The van der Waals surface area contributed by atoms with Crippen molar-refractivity contribution in [2.24, 2.45) is 0 Å². The van der Waals surface area contributed by atoms with Gasteiger partial charge in [-0.25, -0.2) is 0 Å². The van der Waals surface area contributed by atoms with Crippen molar-refractivity contribution < 1.29 is 19.2 Å². The van der Waals surface area contributed by atoms with E-state index in [4.69, 9.17) is 9.47 Å². The van der Waals surface area contributed by atoms with E-state index in [-0.39, 0.29) is 11.4 Å². The fourth-order valence-corrected chi connectivity index (χ4v) is 2.43. The van der Waals surface area contributed by atoms with Gasteiger partial charge in [0.1, 0.15) is 5.75 Å². The number of benzene rings is 2. The van der Waals surface area contributed by atoms with Gasteiger partial charge in [0.2, 0.25) is 5.75 Å². The summed E-state index contributed by atoms with van der Waals surface area (Å²) in [5, 5.41) is 11.2. The molecule has 6 heteroatoms. The van der Waals surface area contributed by atoms with Crippen molar-refractivity contribution in [3.05, 3.63) is 64.2 Å². The van der Waals surface area contributed by atoms with E-state index in [2.05, 4.69) is 0 Å². The van der Waals surface area contributed by atoms with Gasteiger partial charge in [-0.05, 0) is 24.1 Å². The van der Waals surface area contributed by atoms with Crippen LogP contribution in [0.5, 0.6) is 11.5 Å². The topological polar surface area (TPSA) is 78.7 Å². The summed E-state index contributed by atoms with van der Waals surface area (Å²) in [6.07, 6.45) is 1.40. The minimum Gasteiger partial charge on any atom is -0.496 e. The monoisotopic (exact) mass is 329 g/mol. The second kappa shape index (κ2) is 8.10. The molecule has 0 bridgehead atoms. The third-order valence-corrected chi connectivity index (χ3v) is 3.64. The lowest BCUT2D eigenvalue weighted by Crippen LogP contribution is -2.19. The molecule has 126 valence electrons. The van der Waals surface area contributed by atoms with Crippen molar-refractivity contribution in [1.82, 2.24) is 0 Å². The molecule has 0 amide bonds. The van der Waals surface area contributed by atoms with Gasteiger partial charge in [-0.3, -0.25) is 14.9 Å². The number of nitrogens with zero attached hydrogens (tertiary/aromatic N) is 1. The quantitative estimate of drug-likeness (QED) is 0.331. The van der Waals surface area contributed by atoms with E-state index in [1.165, 1.54) is 25.3 Å². The Morgan fingerprint density at radius 2 is 1.92 bits per heavy atom. The van der Waals surface area contributed by atoms with E-state index in [9.17, 15) is 14.9 Å². The van der Waals surface area contributed by atoms with Crippen LogP contribution < -0.4 is 9.47 Å². The smallest absolute Gasteiger partial charge is 0.319 e. The number of nitro benzene ring substituents is 1. The Morgan fingerprint density at radius 1 is 1.21 bits per heavy atom. The molecule has 2 aromatic carbocycles. The van der Waals surface area contributed by atoms with E-state index >= 15 is 0 Å². The predicted molar refractivity (Wildman–Crippen MR) is 89.4 cm³/mol. The minimum atomic E-state index is -0.595. The Morgan fingerprint density at radius 3 is 2.50 bits per heavy atom. The molecule has 1 atom stereocenters. The Balaban J connectivity index is 2.28. The first kappa shape index (κ1) is 17.5. The van der Waals surface area contributed by atoms with Gasteiger partial charge in [-0.1, -0.05) is 43.7 Å². The second-order valence-electron chi connectivity index (χ2n) is 5.26. The maximum Gasteiger partial charge on any atom is 0.319 e. The maximum absolute atomic E-state index is 12.6. The highest BCUT2D eigenvalue weighted by molar-refractivity contribution is 5.81. The van der Waals surface area contributed by atoms with Crippen LogP contribution in [0.25, 0.3) is 0 Å². The summed E-state index contributed by atoms with van der Waals surface area (Å²) < 4.78 is 10.3. The van der Waals surface area contributed by atoms with Gasteiger partial charge in [0.25, 0.3) is 0 Å². The van der Waals surface area contributed by atoms with Gasteiger partial charge in [0.05, 0.1) is 24.0 Å². The van der Waals surface area contributed by atoms with E-state index in [1.54, 1.807) is 0 Å². The lowest BCUT2D eigenvalue weighted by atomic mass is 9.95. The SMILES string of the molecule is CCCC(C(=O)Oc1ccc(OC)cc1[N+](=O)[O-])c1ccccc1. The largest absolute Gasteiger partial charge is 0.496 e. The summed E-state index contributed by atoms with van der Waals surface area (Å²) in [4.78, 5) is 23.2. The number of carbonyl (C=O) groups is 1. The average molecular weight is 329 g/mol. The first-order valence-electron chi connectivity index (χ1n) is 7.65. The van der Waals surface area contributed by atoms with Crippen LogP contribution in [-0.4, -0.2) is 18.0 Å². The second-order valence-corrected chi connectivity index (χ2v) is 5.26. The molecule has 0 saturated heterocycles. The first-order valence-corrected chi connectivity index (χ1v) is 7.65. The molecule has 0 saturated carbocycles. The summed E-state index contributed by atoms with van der Waals surface area (Å²) >= 11 is 0. The average Bonchev–Trinajstić information content (AvgIpc) is 2.60. The highest BCUT2D eigenvalue weighted by atomic mass is 16.6. The summed E-state index contributed by atoms with van der Waals surface area (Å²) in [7, 11) is 1.41. The molecule has 24 heavy (non-hydrogen) atoms. The van der Waals surface area contributed by atoms with Crippen molar-refractivity contribution in [3.8, 4) is 11.5 Å². The number of carbonyl (C=O) groups excluding carboxylic acids is 1. The number of hydrogen-bond donors (Lipinski definition) is 0. The zero-order valence-corrected chi connectivity index (χ0v) is 13.6. The zero-order chi connectivity index (χ0) is 17.5. The molecular weight excluding hydrogens is 310 g/mol. The zero-order valence-electron chi connectivity index (χ0n) is 13.6. The number of rotatable bonds is 7. The minimum absolute atomic E-state index is 0.0807. The Hall–Kier alpha value is -2.89. The molecule has 0 aliphatic rings. The lowest BCUT2D eigenvalue weighted by molar-refractivity contribution is -0.385. The Bertz CT molecular complexity index is 715. The molecule has 0 fully saturated rings. The molecule has 0 radical (unpaired) electrons. The molecular formula is C18H19NO5. The van der Waals surface area contributed by atoms with E-state index in [0.29, 0.717) is 12.2 Å². The normalized spacial score (nSPS) is 11.6. The van der Waals surface area contributed by atoms with Crippen molar-refractivity contribution in [3.63, 3.8) is 0 Å². The summed E-state index contributed by atoms with van der Waals surface area (Å²) in [5.41, 5.74) is 0.534. The molecule has 0 spiro atoms. The summed E-state index contributed by atoms with van der Waals surface area (Å²) in [6, 6.07) is 13.4. The van der Waals surface area contributed by atoms with Crippen LogP contribution in [-0.2, 0) is 4.79 Å². The molecule has 2 aromatic rings. The van der Waals surface area contributed by atoms with Gasteiger partial charge in [0.15, 0.2) is 0 Å². The molecule has 0 aliphatic heterocycles. The summed E-state index contributed by atoms with van der Waals surface area (Å²) in [5.74, 6) is -0.716. The number of nitro groups is 1. The van der Waals surface area contributed by atoms with Gasteiger partial charge in [0, 0.05) is 0 Å². The van der Waals surface area contributed by atoms with Crippen LogP contribution in [0.4, 0.5) is 5.69 Å². The molecule has 2 rings (SSSR count). The van der Waals surface area contributed by atoms with E-state index in [1.807, 2.05) is 37.3 Å². The van der Waals surface area contributed by atoms with Crippen molar-refractivity contribution >= 4 is 11.7 Å². The van der Waals surface area contributed by atoms with Crippen molar-refractivity contribution in [2.45, 2.75) is 25.7 Å². The molecule has 0 N–H and O–H groups in total. The van der Waals surface area contributed by atoms with E-state index < -0.39 is 16.8 Å². The summed E-state index contributed by atoms with van der Waals surface area (Å²) in [6.45, 7) is 1.97. The van der Waals surface area contributed by atoms with Crippen LogP contribution in [0.2, 0.25) is 0 Å². The van der Waals surface area contributed by atoms with Crippen LogP contribution >= 0.6 is 0 Å². The standard InChI is InChI=1S/C18H19NO5/c1-3-7-15(13-8-5-4-6-9-13)18(20)24-17-11-10-14(23-2)12-16(17)19(21)22/h4-6,8-12,15H,3,7H2,1-2H3. The third-order valence-electron chi connectivity index (χ3n) is 3.64. The first-order chi connectivity index (χ1) is 11.6. The molecule has 1 unspecified atom stereocenters. The van der Waals surface area contributed by atoms with E-state index in [0.717, 1.165) is 12.0 Å². The van der Waals surface area contributed by atoms with Gasteiger partial charge in [-0.2, -0.15) is 0 Å². The number of hydrogen-bond acceptors (Lipinski definition) is 5. The fourth-order valence-electron chi connectivity index (χ4n) is 2.43. The predicted octanol–water partition coefficient (Wildman–Crippen LogP) is 4.09. The lowest BCUT2D eigenvalue weighted by Gasteiger charge is -2.15. The number of esters is 1. The maximum atomic E-state index is 12.6. The van der Waals surface area contributed by atoms with Crippen LogP contribution in [0.15, 0.2) is 48.5 Å².